The minimum absolute atomic E-state index is 0.00328. The Labute approximate surface area is 90.6 Å². The highest BCUT2D eigenvalue weighted by atomic mass is 79.9. The summed E-state index contributed by atoms with van der Waals surface area (Å²) in [5, 5.41) is 0.102. The molecule has 0 unspecified atom stereocenters. The lowest BCUT2D eigenvalue weighted by Crippen LogP contribution is -1.99. The summed E-state index contributed by atoms with van der Waals surface area (Å²) in [6, 6.07) is 4.34. The average Bonchev–Trinajstić information content (AvgIpc) is 1.94. The van der Waals surface area contributed by atoms with Crippen LogP contribution in [-0.4, -0.2) is 5.51 Å². The Morgan fingerprint density at radius 1 is 1.31 bits per heavy atom. The Hall–Kier alpha value is 0.130. The van der Waals surface area contributed by atoms with Gasteiger partial charge < -0.3 is 0 Å². The zero-order valence-electron chi connectivity index (χ0n) is 6.03. The van der Waals surface area contributed by atoms with E-state index in [1.807, 2.05) is 0 Å². The van der Waals surface area contributed by atoms with Gasteiger partial charge in [0.25, 0.3) is 0 Å². The lowest BCUT2D eigenvalue weighted by molar-refractivity contribution is -0.0328. The summed E-state index contributed by atoms with van der Waals surface area (Å²) in [7, 11) is 0. The SMILES string of the molecule is FC(F)(F)Sc1cc(Br)ccc1Cl. The Morgan fingerprint density at radius 2 is 1.92 bits per heavy atom. The molecule has 0 saturated carbocycles. The van der Waals surface area contributed by atoms with Crippen molar-refractivity contribution in [3.63, 3.8) is 0 Å². The molecule has 0 nitrogen and oxygen atoms in total. The van der Waals surface area contributed by atoms with E-state index in [1.54, 1.807) is 6.07 Å². The molecule has 0 spiro atoms. The van der Waals surface area contributed by atoms with Crippen LogP contribution >= 0.6 is 39.3 Å². The topological polar surface area (TPSA) is 0 Å². The zero-order chi connectivity index (χ0) is 10.1. The molecule has 1 aromatic carbocycles. The number of hydrogen-bond acceptors (Lipinski definition) is 1. The maximum atomic E-state index is 11.9. The van der Waals surface area contributed by atoms with E-state index >= 15 is 0 Å². The molecule has 0 aliphatic heterocycles. The van der Waals surface area contributed by atoms with Gasteiger partial charge in [-0.3, -0.25) is 0 Å². The van der Waals surface area contributed by atoms with Gasteiger partial charge in [-0.05, 0) is 30.0 Å². The highest BCUT2D eigenvalue weighted by Gasteiger charge is 2.30. The first-order valence-corrected chi connectivity index (χ1v) is 5.08. The average molecular weight is 292 g/mol. The first-order valence-electron chi connectivity index (χ1n) is 3.09. The molecule has 1 aromatic rings. The molecule has 0 fully saturated rings. The number of halogens is 5. The van der Waals surface area contributed by atoms with Crippen LogP contribution in [0.4, 0.5) is 13.2 Å². The maximum Gasteiger partial charge on any atom is 0.446 e. The molecule has 0 atom stereocenters. The largest absolute Gasteiger partial charge is 0.446 e. The van der Waals surface area contributed by atoms with Gasteiger partial charge in [0.05, 0.1) is 5.02 Å². The molecular weight excluding hydrogens is 288 g/mol. The fourth-order valence-electron chi connectivity index (χ4n) is 0.680. The monoisotopic (exact) mass is 290 g/mol. The van der Waals surface area contributed by atoms with Gasteiger partial charge in [0.2, 0.25) is 0 Å². The summed E-state index contributed by atoms with van der Waals surface area (Å²) in [4.78, 5) is 0.00328. The molecule has 0 bridgehead atoms. The Morgan fingerprint density at radius 3 is 2.46 bits per heavy atom. The Balaban J connectivity index is 2.94. The summed E-state index contributed by atoms with van der Waals surface area (Å²) in [5.41, 5.74) is -4.30. The maximum absolute atomic E-state index is 11.9. The van der Waals surface area contributed by atoms with E-state index in [0.717, 1.165) is 0 Å². The second-order valence-electron chi connectivity index (χ2n) is 2.12. The third-order valence-corrected chi connectivity index (χ3v) is 2.84. The quantitative estimate of drug-likeness (QED) is 0.675. The minimum Gasteiger partial charge on any atom is -0.160 e. The van der Waals surface area contributed by atoms with E-state index in [-0.39, 0.29) is 21.7 Å². The number of benzene rings is 1. The van der Waals surface area contributed by atoms with Crippen molar-refractivity contribution in [2.75, 3.05) is 0 Å². The molecule has 0 saturated heterocycles. The van der Waals surface area contributed by atoms with E-state index in [9.17, 15) is 13.2 Å². The third-order valence-electron chi connectivity index (χ3n) is 1.12. The van der Waals surface area contributed by atoms with Gasteiger partial charge in [-0.15, -0.1) is 0 Å². The van der Waals surface area contributed by atoms with E-state index in [1.165, 1.54) is 12.1 Å². The van der Waals surface area contributed by atoms with E-state index < -0.39 is 5.51 Å². The van der Waals surface area contributed by atoms with Gasteiger partial charge in [0.1, 0.15) is 0 Å². The molecule has 6 heteroatoms. The third kappa shape index (κ3) is 3.79. The van der Waals surface area contributed by atoms with Crippen LogP contribution in [-0.2, 0) is 0 Å². The van der Waals surface area contributed by atoms with Crippen molar-refractivity contribution in [1.82, 2.24) is 0 Å². The molecule has 0 amide bonds. The molecule has 0 aliphatic carbocycles. The number of rotatable bonds is 1. The van der Waals surface area contributed by atoms with Gasteiger partial charge in [-0.2, -0.15) is 13.2 Å². The van der Waals surface area contributed by atoms with Crippen molar-refractivity contribution >= 4 is 39.3 Å². The Kier molecular flexibility index (Phi) is 3.54. The lowest BCUT2D eigenvalue weighted by Gasteiger charge is -2.07. The van der Waals surface area contributed by atoms with Crippen LogP contribution in [0.15, 0.2) is 27.6 Å². The predicted molar refractivity (Wildman–Crippen MR) is 51.1 cm³/mol. The van der Waals surface area contributed by atoms with Gasteiger partial charge >= 0.3 is 5.51 Å². The van der Waals surface area contributed by atoms with Crippen molar-refractivity contribution < 1.29 is 13.2 Å². The minimum atomic E-state index is -4.30. The molecule has 13 heavy (non-hydrogen) atoms. The van der Waals surface area contributed by atoms with E-state index in [2.05, 4.69) is 15.9 Å². The summed E-state index contributed by atoms with van der Waals surface area (Å²) >= 11 is 8.40. The van der Waals surface area contributed by atoms with Crippen LogP contribution in [0.25, 0.3) is 0 Å². The standard InChI is InChI=1S/C7H3BrClF3S/c8-4-1-2-5(9)6(3-4)13-7(10,11)12/h1-3H. The van der Waals surface area contributed by atoms with Crippen LogP contribution in [0, 0.1) is 0 Å². The van der Waals surface area contributed by atoms with Crippen LogP contribution in [0.1, 0.15) is 0 Å². The molecule has 0 N–H and O–H groups in total. The van der Waals surface area contributed by atoms with Crippen molar-refractivity contribution in [1.29, 1.82) is 0 Å². The molecule has 0 aliphatic rings. The number of hydrogen-bond donors (Lipinski definition) is 0. The van der Waals surface area contributed by atoms with Crippen LogP contribution in [0.2, 0.25) is 5.02 Å². The van der Waals surface area contributed by atoms with E-state index in [4.69, 9.17) is 11.6 Å². The van der Waals surface area contributed by atoms with Crippen molar-refractivity contribution in [3.05, 3.63) is 27.7 Å². The molecular formula is C7H3BrClF3S. The van der Waals surface area contributed by atoms with Crippen LogP contribution < -0.4 is 0 Å². The summed E-state index contributed by atoms with van der Waals surface area (Å²) in [6.07, 6.45) is 0. The number of alkyl halides is 3. The van der Waals surface area contributed by atoms with Crippen molar-refractivity contribution in [2.45, 2.75) is 10.4 Å². The predicted octanol–water partition coefficient (Wildman–Crippen LogP) is 4.71. The highest BCUT2D eigenvalue weighted by Crippen LogP contribution is 2.41. The second-order valence-corrected chi connectivity index (χ2v) is 4.55. The fraction of sp³-hybridized carbons (Fsp3) is 0.143. The molecule has 0 radical (unpaired) electrons. The normalized spacial score (nSPS) is 11.8. The van der Waals surface area contributed by atoms with Gasteiger partial charge in [-0.1, -0.05) is 27.5 Å². The zero-order valence-corrected chi connectivity index (χ0v) is 9.19. The lowest BCUT2D eigenvalue weighted by atomic mass is 10.4. The van der Waals surface area contributed by atoms with Crippen molar-refractivity contribution in [2.24, 2.45) is 0 Å². The first kappa shape index (κ1) is 11.2. The van der Waals surface area contributed by atoms with Gasteiger partial charge in [0, 0.05) is 9.37 Å². The summed E-state index contributed by atoms with van der Waals surface area (Å²) < 4.78 is 36.4. The molecule has 0 aromatic heterocycles. The smallest absolute Gasteiger partial charge is 0.160 e. The van der Waals surface area contributed by atoms with Gasteiger partial charge in [-0.25, -0.2) is 0 Å². The Bertz CT molecular complexity index is 313. The summed E-state index contributed by atoms with van der Waals surface area (Å²) in [6.45, 7) is 0. The highest BCUT2D eigenvalue weighted by molar-refractivity contribution is 9.10. The van der Waals surface area contributed by atoms with Crippen LogP contribution in [0.3, 0.4) is 0 Å². The molecule has 0 heterocycles. The van der Waals surface area contributed by atoms with Crippen LogP contribution in [0.5, 0.6) is 0 Å². The fourth-order valence-corrected chi connectivity index (χ4v) is 2.03. The van der Waals surface area contributed by atoms with Crippen molar-refractivity contribution in [3.8, 4) is 0 Å². The van der Waals surface area contributed by atoms with Gasteiger partial charge in [0.15, 0.2) is 0 Å². The summed E-state index contributed by atoms with van der Waals surface area (Å²) in [5.74, 6) is 0. The molecule has 72 valence electrons. The second kappa shape index (κ2) is 4.11. The van der Waals surface area contributed by atoms with E-state index in [0.29, 0.717) is 4.47 Å². The molecule has 1 rings (SSSR count). The number of thioether (sulfide) groups is 1. The first-order chi connectivity index (χ1) is 5.88.